The molecule has 4 nitrogen and oxygen atoms in total. The van der Waals surface area contributed by atoms with E-state index in [4.69, 9.17) is 11.6 Å². The van der Waals surface area contributed by atoms with Crippen molar-refractivity contribution in [2.75, 3.05) is 12.3 Å². The van der Waals surface area contributed by atoms with Gasteiger partial charge in [0.25, 0.3) is 0 Å². The zero-order valence-corrected chi connectivity index (χ0v) is 14.7. The van der Waals surface area contributed by atoms with Crippen molar-refractivity contribution in [2.45, 2.75) is 44.4 Å². The van der Waals surface area contributed by atoms with Gasteiger partial charge >= 0.3 is 0 Å². The van der Waals surface area contributed by atoms with Crippen LogP contribution >= 0.6 is 11.6 Å². The number of amides is 1. The van der Waals surface area contributed by atoms with E-state index in [0.29, 0.717) is 6.54 Å². The summed E-state index contributed by atoms with van der Waals surface area (Å²) < 4.78 is 38.3. The first-order valence-electron chi connectivity index (χ1n) is 7.77. The molecule has 128 valence electrons. The Morgan fingerprint density at radius 2 is 2.13 bits per heavy atom. The van der Waals surface area contributed by atoms with Crippen LogP contribution in [0.2, 0.25) is 5.02 Å². The van der Waals surface area contributed by atoms with Crippen molar-refractivity contribution in [1.82, 2.24) is 4.90 Å². The molecule has 0 N–H and O–H groups in total. The van der Waals surface area contributed by atoms with Crippen LogP contribution in [0.4, 0.5) is 4.39 Å². The lowest BCUT2D eigenvalue weighted by Gasteiger charge is -2.35. The first-order valence-corrected chi connectivity index (χ1v) is 9.96. The van der Waals surface area contributed by atoms with Gasteiger partial charge in [0.05, 0.1) is 5.75 Å². The van der Waals surface area contributed by atoms with Crippen molar-refractivity contribution >= 4 is 27.3 Å². The lowest BCUT2D eigenvalue weighted by molar-refractivity contribution is -0.132. The van der Waals surface area contributed by atoms with Gasteiger partial charge in [-0.15, -0.1) is 0 Å². The fourth-order valence-corrected chi connectivity index (χ4v) is 4.65. The smallest absolute Gasteiger partial charge is 0.238 e. The zero-order chi connectivity index (χ0) is 17.0. The van der Waals surface area contributed by atoms with Gasteiger partial charge in [-0.25, -0.2) is 12.8 Å². The monoisotopic (exact) mass is 361 g/mol. The molecule has 0 aliphatic carbocycles. The van der Waals surface area contributed by atoms with E-state index in [0.717, 1.165) is 31.7 Å². The van der Waals surface area contributed by atoms with Crippen LogP contribution in [0.1, 0.15) is 38.2 Å². The van der Waals surface area contributed by atoms with Gasteiger partial charge in [0.1, 0.15) is 11.6 Å². The minimum atomic E-state index is -3.78. The van der Waals surface area contributed by atoms with E-state index in [1.807, 2.05) is 6.92 Å². The number of carbonyl (C=O) groups excluding carboxylic acids is 1. The van der Waals surface area contributed by atoms with Gasteiger partial charge in [0.15, 0.2) is 9.84 Å². The Bertz CT molecular complexity index is 658. The third-order valence-corrected chi connectivity index (χ3v) is 5.96. The second-order valence-corrected chi connectivity index (χ2v) is 8.35. The molecule has 1 amide bonds. The van der Waals surface area contributed by atoms with Crippen molar-refractivity contribution in [3.63, 3.8) is 0 Å². The predicted octanol–water partition coefficient (Wildman–Crippen LogP) is 3.19. The minimum Gasteiger partial charge on any atom is -0.339 e. The molecule has 0 radical (unpaired) electrons. The summed E-state index contributed by atoms with van der Waals surface area (Å²) in [4.78, 5) is 14.0. The molecule has 7 heteroatoms. The number of halogens is 2. The molecular formula is C16H21ClFNO3S. The Kier molecular flexibility index (Phi) is 6.03. The highest BCUT2D eigenvalue weighted by Crippen LogP contribution is 2.23. The number of likely N-dealkylation sites (tertiary alicyclic amines) is 1. The van der Waals surface area contributed by atoms with E-state index >= 15 is 0 Å². The van der Waals surface area contributed by atoms with Gasteiger partial charge < -0.3 is 4.90 Å². The van der Waals surface area contributed by atoms with E-state index in [9.17, 15) is 17.6 Å². The number of piperidine rings is 1. The average Bonchev–Trinajstić information content (AvgIpc) is 2.50. The van der Waals surface area contributed by atoms with Gasteiger partial charge in [-0.1, -0.05) is 24.6 Å². The summed E-state index contributed by atoms with van der Waals surface area (Å²) in [5.41, 5.74) is -0.0762. The highest BCUT2D eigenvalue weighted by atomic mass is 35.5. The van der Waals surface area contributed by atoms with E-state index < -0.39 is 33.1 Å². The zero-order valence-electron chi connectivity index (χ0n) is 13.1. The first-order chi connectivity index (χ1) is 10.8. The maximum Gasteiger partial charge on any atom is 0.238 e. The average molecular weight is 362 g/mol. The second-order valence-electron chi connectivity index (χ2n) is 5.88. The molecule has 1 aromatic carbocycles. The molecule has 0 spiro atoms. The number of sulfone groups is 1. The van der Waals surface area contributed by atoms with Crippen LogP contribution in [0.3, 0.4) is 0 Å². The molecule has 1 aliphatic heterocycles. The minimum absolute atomic E-state index is 0.0606. The molecule has 1 aromatic rings. The topological polar surface area (TPSA) is 54.5 Å². The molecule has 1 aliphatic rings. The summed E-state index contributed by atoms with van der Waals surface area (Å²) in [6, 6.07) is 4.12. The molecule has 1 fully saturated rings. The lowest BCUT2D eigenvalue weighted by Crippen LogP contribution is -2.45. The third kappa shape index (κ3) is 4.67. The molecule has 0 saturated carbocycles. The van der Waals surface area contributed by atoms with Gasteiger partial charge in [-0.2, -0.15) is 0 Å². The van der Waals surface area contributed by atoms with Gasteiger partial charge in [-0.3, -0.25) is 4.79 Å². The predicted molar refractivity (Wildman–Crippen MR) is 88.5 cm³/mol. The van der Waals surface area contributed by atoms with E-state index in [2.05, 4.69) is 0 Å². The summed E-state index contributed by atoms with van der Waals surface area (Å²) in [5.74, 6) is -2.23. The number of benzene rings is 1. The summed E-state index contributed by atoms with van der Waals surface area (Å²) in [6.07, 6.45) is 3.66. The van der Waals surface area contributed by atoms with Gasteiger partial charge in [-0.05, 0) is 37.8 Å². The molecular weight excluding hydrogens is 341 g/mol. The van der Waals surface area contributed by atoms with Crippen LogP contribution in [-0.4, -0.2) is 37.6 Å². The first kappa shape index (κ1) is 18.2. The van der Waals surface area contributed by atoms with E-state index in [-0.39, 0.29) is 16.6 Å². The molecule has 1 heterocycles. The van der Waals surface area contributed by atoms with Crippen LogP contribution in [-0.2, 0) is 20.4 Å². The summed E-state index contributed by atoms with van der Waals surface area (Å²) in [7, 11) is -3.78. The van der Waals surface area contributed by atoms with Crippen molar-refractivity contribution in [1.29, 1.82) is 0 Å². The largest absolute Gasteiger partial charge is 0.339 e. The number of hydrogen-bond donors (Lipinski definition) is 0. The fourth-order valence-electron chi connectivity index (χ4n) is 2.97. The number of rotatable bonds is 5. The number of hydrogen-bond acceptors (Lipinski definition) is 3. The summed E-state index contributed by atoms with van der Waals surface area (Å²) in [6.45, 7) is 2.58. The van der Waals surface area contributed by atoms with E-state index in [1.54, 1.807) is 4.90 Å². The van der Waals surface area contributed by atoms with Crippen LogP contribution in [0.5, 0.6) is 0 Å². The molecule has 1 unspecified atom stereocenters. The Balaban J connectivity index is 2.10. The van der Waals surface area contributed by atoms with Crippen LogP contribution in [0, 0.1) is 5.82 Å². The number of nitrogens with zero attached hydrogens (tertiary/aromatic N) is 1. The summed E-state index contributed by atoms with van der Waals surface area (Å²) >= 11 is 5.87. The van der Waals surface area contributed by atoms with Gasteiger partial charge in [0, 0.05) is 23.2 Å². The quantitative estimate of drug-likeness (QED) is 0.809. The van der Waals surface area contributed by atoms with Crippen LogP contribution in [0.25, 0.3) is 0 Å². The molecule has 2 rings (SSSR count). The highest BCUT2D eigenvalue weighted by Gasteiger charge is 2.29. The highest BCUT2D eigenvalue weighted by molar-refractivity contribution is 7.91. The van der Waals surface area contributed by atoms with Crippen LogP contribution < -0.4 is 0 Å². The fraction of sp³-hybridized carbons (Fsp3) is 0.562. The molecule has 0 bridgehead atoms. The Morgan fingerprint density at radius 3 is 2.78 bits per heavy atom. The van der Waals surface area contributed by atoms with Crippen LogP contribution in [0.15, 0.2) is 18.2 Å². The SMILES string of the molecule is CCC1CCCCN1C(=O)CS(=O)(=O)Cc1c(F)cccc1Cl. The van der Waals surface area contributed by atoms with Crippen molar-refractivity contribution in [2.24, 2.45) is 0 Å². The summed E-state index contributed by atoms with van der Waals surface area (Å²) in [5, 5.41) is 0.0606. The second kappa shape index (κ2) is 7.62. The van der Waals surface area contributed by atoms with Crippen molar-refractivity contribution in [3.05, 3.63) is 34.6 Å². The molecule has 1 atom stereocenters. The normalized spacial score (nSPS) is 18.9. The Morgan fingerprint density at radius 1 is 1.39 bits per heavy atom. The molecule has 1 saturated heterocycles. The maximum atomic E-state index is 13.7. The molecule has 0 aromatic heterocycles. The standard InChI is InChI=1S/C16H21ClFNO3S/c1-2-12-6-3-4-9-19(12)16(20)11-23(21,22)10-13-14(17)7-5-8-15(13)18/h5,7-8,12H,2-4,6,9-11H2,1H3. The lowest BCUT2D eigenvalue weighted by atomic mass is 10.0. The maximum absolute atomic E-state index is 13.7. The number of carbonyl (C=O) groups is 1. The Labute approximate surface area is 141 Å². The van der Waals surface area contributed by atoms with Gasteiger partial charge in [0.2, 0.25) is 5.91 Å². The Hall–Kier alpha value is -1.14. The van der Waals surface area contributed by atoms with E-state index in [1.165, 1.54) is 12.1 Å². The third-order valence-electron chi connectivity index (χ3n) is 4.19. The van der Waals surface area contributed by atoms with Crippen molar-refractivity contribution < 1.29 is 17.6 Å². The van der Waals surface area contributed by atoms with Crippen molar-refractivity contribution in [3.8, 4) is 0 Å². The molecule has 23 heavy (non-hydrogen) atoms.